The molecule has 80 valence electrons. The van der Waals surface area contributed by atoms with Crippen LogP contribution in [-0.4, -0.2) is 6.61 Å². The van der Waals surface area contributed by atoms with Crippen molar-refractivity contribution in [2.45, 2.75) is 32.6 Å². The summed E-state index contributed by atoms with van der Waals surface area (Å²) in [4.78, 5) is 4.77. The fourth-order valence-electron chi connectivity index (χ4n) is 0.876. The van der Waals surface area contributed by atoms with Crippen LogP contribution in [0.5, 0.6) is 0 Å². The fraction of sp³-hybridized carbons (Fsp3) is 0.750. The van der Waals surface area contributed by atoms with Gasteiger partial charge in [0.15, 0.2) is 0 Å². The van der Waals surface area contributed by atoms with E-state index in [1.54, 1.807) is 0 Å². The van der Waals surface area contributed by atoms with Crippen molar-refractivity contribution in [3.8, 4) is 0 Å². The Bertz CT molecular complexity index is 202. The van der Waals surface area contributed by atoms with Crippen LogP contribution >= 0.6 is 0 Å². The molecule has 6 heteroatoms. The molecule has 0 amide bonds. The molecule has 0 atom stereocenters. The van der Waals surface area contributed by atoms with Gasteiger partial charge in [-0.3, -0.25) is 0 Å². The van der Waals surface area contributed by atoms with E-state index in [4.69, 9.17) is 4.84 Å². The smallest absolute Gasteiger partial charge is 0.119 e. The van der Waals surface area contributed by atoms with E-state index >= 15 is 0 Å². The summed E-state index contributed by atoms with van der Waals surface area (Å²) in [7, 11) is 0. The van der Waals surface area contributed by atoms with E-state index in [9.17, 15) is 0 Å². The average molecular weight is 199 g/mol. The minimum absolute atomic E-state index is 0.541. The van der Waals surface area contributed by atoms with Crippen molar-refractivity contribution in [1.29, 1.82) is 0 Å². The van der Waals surface area contributed by atoms with Crippen LogP contribution < -0.4 is 5.84 Å². The Morgan fingerprint density at radius 2 is 2.07 bits per heavy atom. The van der Waals surface area contributed by atoms with E-state index in [2.05, 4.69) is 33.4 Å². The minimum Gasteiger partial charge on any atom is -0.378 e. The molecule has 0 spiro atoms. The van der Waals surface area contributed by atoms with E-state index in [-0.39, 0.29) is 0 Å². The van der Waals surface area contributed by atoms with Crippen LogP contribution in [0.1, 0.15) is 32.6 Å². The zero-order chi connectivity index (χ0) is 10.6. The Labute approximate surface area is 83.8 Å². The maximum atomic E-state index is 4.77. The van der Waals surface area contributed by atoms with Crippen molar-refractivity contribution in [1.82, 2.24) is 0 Å². The van der Waals surface area contributed by atoms with Gasteiger partial charge in [0.05, 0.1) is 0 Å². The van der Waals surface area contributed by atoms with Gasteiger partial charge in [-0.05, 0) is 37.8 Å². The molecule has 0 unspecified atom stereocenters. The summed E-state index contributed by atoms with van der Waals surface area (Å²) in [5, 5.41) is 12.3. The summed E-state index contributed by atoms with van der Waals surface area (Å²) in [5.41, 5.74) is 1.22. The maximum absolute atomic E-state index is 4.77. The molecule has 0 aromatic heterocycles. The number of allylic oxidation sites excluding steroid dienone is 1. The van der Waals surface area contributed by atoms with Crippen molar-refractivity contribution in [3.63, 3.8) is 0 Å². The quantitative estimate of drug-likeness (QED) is 0.214. The first-order valence-corrected chi connectivity index (χ1v) is 4.54. The molecule has 0 fully saturated rings. The Balaban J connectivity index is 3.10. The second-order valence-electron chi connectivity index (χ2n) is 2.98. The summed E-state index contributed by atoms with van der Waals surface area (Å²) >= 11 is 0. The van der Waals surface area contributed by atoms with Gasteiger partial charge in [-0.25, -0.2) is 0 Å². The molecule has 0 aromatic carbocycles. The predicted octanol–water partition coefficient (Wildman–Crippen LogP) is 2.75. The molecule has 0 aliphatic rings. The molecular weight excluding hydrogens is 182 g/mol. The van der Waals surface area contributed by atoms with Gasteiger partial charge in [-0.1, -0.05) is 10.8 Å². The van der Waals surface area contributed by atoms with Crippen molar-refractivity contribution < 1.29 is 4.84 Å². The molecular formula is C8H17N5O. The molecule has 0 radical (unpaired) electrons. The van der Waals surface area contributed by atoms with Crippen LogP contribution in [0.15, 0.2) is 33.1 Å². The van der Waals surface area contributed by atoms with Crippen molar-refractivity contribution in [3.05, 3.63) is 12.2 Å². The third-order valence-corrected chi connectivity index (χ3v) is 1.53. The highest BCUT2D eigenvalue weighted by molar-refractivity contribution is 4.86. The third-order valence-electron chi connectivity index (χ3n) is 1.53. The van der Waals surface area contributed by atoms with Crippen LogP contribution in [0.3, 0.4) is 0 Å². The monoisotopic (exact) mass is 199 g/mol. The van der Waals surface area contributed by atoms with E-state index in [0.717, 1.165) is 25.7 Å². The van der Waals surface area contributed by atoms with Crippen LogP contribution in [0.4, 0.5) is 0 Å². The minimum atomic E-state index is 0.541. The maximum Gasteiger partial charge on any atom is 0.119 e. The number of unbranched alkanes of at least 4 members (excludes halogenated alkanes) is 2. The molecule has 0 saturated carbocycles. The number of hydrogen-bond acceptors (Lipinski definition) is 3. The molecule has 0 rings (SSSR count). The molecule has 6 nitrogen and oxygen atoms in total. The normalized spacial score (nSPS) is 11.2. The van der Waals surface area contributed by atoms with Crippen LogP contribution in [0, 0.1) is 0 Å². The molecule has 0 aromatic rings. The van der Waals surface area contributed by atoms with Crippen LogP contribution in [0.2, 0.25) is 0 Å². The lowest BCUT2D eigenvalue weighted by Gasteiger charge is -1.98. The molecule has 0 heterocycles. The van der Waals surface area contributed by atoms with Gasteiger partial charge >= 0.3 is 0 Å². The molecule has 0 aliphatic heterocycles. The topological polar surface area (TPSA) is 84.7 Å². The summed E-state index contributed by atoms with van der Waals surface area (Å²) in [6, 6.07) is 0. The Morgan fingerprint density at radius 1 is 1.29 bits per heavy atom. The molecule has 2 N–H and O–H groups in total. The van der Waals surface area contributed by atoms with Gasteiger partial charge in [-0.2, -0.15) is 0 Å². The summed E-state index contributed by atoms with van der Waals surface area (Å²) < 4.78 is 0. The predicted molar refractivity (Wildman–Crippen MR) is 53.1 cm³/mol. The van der Waals surface area contributed by atoms with Crippen molar-refractivity contribution in [2.75, 3.05) is 6.61 Å². The lowest BCUT2D eigenvalue weighted by Crippen LogP contribution is -1.87. The van der Waals surface area contributed by atoms with Crippen LogP contribution in [0.25, 0.3) is 0 Å². The summed E-state index contributed by atoms with van der Waals surface area (Å²) in [5.74, 6) is 4.68. The largest absolute Gasteiger partial charge is 0.378 e. The van der Waals surface area contributed by atoms with Gasteiger partial charge in [0.25, 0.3) is 0 Å². The van der Waals surface area contributed by atoms with Gasteiger partial charge < -0.3 is 10.7 Å². The third kappa shape index (κ3) is 10.5. The van der Waals surface area contributed by atoms with Crippen LogP contribution in [-0.2, 0) is 4.84 Å². The van der Waals surface area contributed by atoms with Gasteiger partial charge in [0.2, 0.25) is 0 Å². The Morgan fingerprint density at radius 3 is 2.71 bits per heavy atom. The van der Waals surface area contributed by atoms with Crippen molar-refractivity contribution >= 4 is 0 Å². The SMILES string of the molecule is C=C(C)CCCCCON=NN=NN. The van der Waals surface area contributed by atoms with Crippen molar-refractivity contribution in [2.24, 2.45) is 26.8 Å². The number of nitrogens with zero attached hydrogens (tertiary/aromatic N) is 4. The standard InChI is InChI=1S/C8H17N5O/c1-8(2)6-4-3-5-7-14-13-12-11-10-9/h1,3-7H2,2H3,(H2,9,11,13). The highest BCUT2D eigenvalue weighted by atomic mass is 16.6. The number of hydrogen-bond donors (Lipinski definition) is 1. The molecule has 0 aliphatic carbocycles. The zero-order valence-corrected chi connectivity index (χ0v) is 8.52. The van der Waals surface area contributed by atoms with E-state index in [1.165, 1.54) is 5.57 Å². The fourth-order valence-corrected chi connectivity index (χ4v) is 0.876. The molecule has 0 bridgehead atoms. The highest BCUT2D eigenvalue weighted by Crippen LogP contribution is 2.05. The highest BCUT2D eigenvalue weighted by Gasteiger charge is 1.90. The van der Waals surface area contributed by atoms with Gasteiger partial charge in [0, 0.05) is 10.5 Å². The number of rotatable bonds is 8. The lowest BCUT2D eigenvalue weighted by atomic mass is 10.1. The summed E-state index contributed by atoms with van der Waals surface area (Å²) in [6.07, 6.45) is 4.26. The van der Waals surface area contributed by atoms with Gasteiger partial charge in [0.1, 0.15) is 6.61 Å². The van der Waals surface area contributed by atoms with Gasteiger partial charge in [-0.15, -0.1) is 6.58 Å². The number of nitrogens with two attached hydrogens (primary N) is 1. The lowest BCUT2D eigenvalue weighted by molar-refractivity contribution is 0.117. The van der Waals surface area contributed by atoms with E-state index in [1.807, 2.05) is 6.92 Å². The Kier molecular flexibility index (Phi) is 8.62. The van der Waals surface area contributed by atoms with E-state index < -0.39 is 0 Å². The Hall–Kier alpha value is -1.46. The van der Waals surface area contributed by atoms with E-state index in [0.29, 0.717) is 6.61 Å². The second kappa shape index (κ2) is 9.63. The summed E-state index contributed by atoms with van der Waals surface area (Å²) in [6.45, 7) is 6.40. The first kappa shape index (κ1) is 12.5. The molecule has 0 saturated heterocycles. The first-order valence-electron chi connectivity index (χ1n) is 4.54. The molecule has 14 heavy (non-hydrogen) atoms. The first-order chi connectivity index (χ1) is 6.77. The second-order valence-corrected chi connectivity index (χ2v) is 2.98. The average Bonchev–Trinajstić information content (AvgIpc) is 2.15. The zero-order valence-electron chi connectivity index (χ0n) is 8.52.